The van der Waals surface area contributed by atoms with Crippen LogP contribution in [0.5, 0.6) is 5.75 Å². The number of nitrogens with one attached hydrogen (secondary N) is 1. The number of methoxy groups -OCH3 is 1. The molecule has 6 nitrogen and oxygen atoms in total. The van der Waals surface area contributed by atoms with Crippen molar-refractivity contribution in [3.8, 4) is 11.4 Å². The van der Waals surface area contributed by atoms with E-state index in [9.17, 15) is 9.59 Å². The molecule has 0 spiro atoms. The Kier molecular flexibility index (Phi) is 5.60. The summed E-state index contributed by atoms with van der Waals surface area (Å²) in [5.41, 5.74) is 0.487. The first-order chi connectivity index (χ1) is 14.2. The van der Waals surface area contributed by atoms with Crippen LogP contribution in [0.4, 0.5) is 0 Å². The number of fused-ring (bicyclic) bond motifs is 1. The summed E-state index contributed by atoms with van der Waals surface area (Å²) in [6, 6.07) is 14.4. The number of ether oxygens (including phenoxy) is 1. The lowest BCUT2D eigenvalue weighted by Crippen LogP contribution is -2.36. The highest BCUT2D eigenvalue weighted by Crippen LogP contribution is 2.23. The molecule has 1 aromatic heterocycles. The average molecular weight is 391 g/mol. The van der Waals surface area contributed by atoms with E-state index in [1.54, 1.807) is 37.4 Å². The van der Waals surface area contributed by atoms with E-state index >= 15 is 0 Å². The summed E-state index contributed by atoms with van der Waals surface area (Å²) in [5, 5.41) is 8.65. The van der Waals surface area contributed by atoms with Gasteiger partial charge in [-0.15, -0.1) is 0 Å². The molecular weight excluding hydrogens is 366 g/mol. The Morgan fingerprint density at radius 1 is 1.00 bits per heavy atom. The van der Waals surface area contributed by atoms with Crippen molar-refractivity contribution in [3.63, 3.8) is 0 Å². The van der Waals surface area contributed by atoms with Crippen LogP contribution in [-0.4, -0.2) is 28.8 Å². The molecule has 1 aliphatic rings. The molecule has 1 fully saturated rings. The molecule has 150 valence electrons. The first-order valence-corrected chi connectivity index (χ1v) is 10.2. The van der Waals surface area contributed by atoms with Crippen LogP contribution in [0.25, 0.3) is 16.5 Å². The minimum atomic E-state index is -0.281. The van der Waals surface area contributed by atoms with Gasteiger partial charge in [-0.25, -0.2) is 0 Å². The summed E-state index contributed by atoms with van der Waals surface area (Å²) in [7, 11) is 1.55. The van der Waals surface area contributed by atoms with Gasteiger partial charge in [-0.1, -0.05) is 56.0 Å². The monoisotopic (exact) mass is 391 g/mol. The number of carbonyl (C=O) groups excluding carboxylic acids is 1. The van der Waals surface area contributed by atoms with E-state index in [-0.39, 0.29) is 23.2 Å². The molecule has 0 radical (unpaired) electrons. The fourth-order valence-electron chi connectivity index (χ4n) is 4.00. The van der Waals surface area contributed by atoms with Gasteiger partial charge in [0.05, 0.1) is 12.5 Å². The molecular formula is C23H25N3O3. The minimum absolute atomic E-state index is 0.150. The number of benzene rings is 2. The van der Waals surface area contributed by atoms with Gasteiger partial charge in [0.2, 0.25) is 0 Å². The third-order valence-electron chi connectivity index (χ3n) is 5.52. The van der Waals surface area contributed by atoms with Crippen molar-refractivity contribution >= 4 is 16.7 Å². The lowest BCUT2D eigenvalue weighted by Gasteiger charge is -2.17. The predicted molar refractivity (Wildman–Crippen MR) is 113 cm³/mol. The van der Waals surface area contributed by atoms with Crippen molar-refractivity contribution in [2.45, 2.75) is 44.6 Å². The van der Waals surface area contributed by atoms with E-state index in [0.717, 1.165) is 25.7 Å². The molecule has 0 bridgehead atoms. The fraction of sp³-hybridized carbons (Fsp3) is 0.348. The first kappa shape index (κ1) is 19.2. The third kappa shape index (κ3) is 3.88. The first-order valence-electron chi connectivity index (χ1n) is 10.2. The topological polar surface area (TPSA) is 73.2 Å². The van der Waals surface area contributed by atoms with Gasteiger partial charge < -0.3 is 10.1 Å². The highest BCUT2D eigenvalue weighted by molar-refractivity contribution is 6.05. The average Bonchev–Trinajstić information content (AvgIpc) is 3.03. The van der Waals surface area contributed by atoms with Crippen molar-refractivity contribution in [2.24, 2.45) is 0 Å². The summed E-state index contributed by atoms with van der Waals surface area (Å²) in [5.74, 6) is 0.282. The van der Waals surface area contributed by atoms with Gasteiger partial charge in [0.1, 0.15) is 11.4 Å². The number of hydrogen-bond donors (Lipinski definition) is 1. The lowest BCUT2D eigenvalue weighted by atomic mass is 10.1. The quantitative estimate of drug-likeness (QED) is 0.686. The predicted octanol–water partition coefficient (Wildman–Crippen LogP) is 3.85. The van der Waals surface area contributed by atoms with Gasteiger partial charge in [-0.3, -0.25) is 9.59 Å². The van der Waals surface area contributed by atoms with Crippen LogP contribution in [0.1, 0.15) is 49.0 Å². The van der Waals surface area contributed by atoms with Gasteiger partial charge in [0.25, 0.3) is 11.5 Å². The standard InChI is InChI=1S/C23H25N3O3/c1-29-20-15-9-8-14-19(20)26-23(28)18-13-7-6-12-17(18)21(25-26)22(27)24-16-10-4-2-3-5-11-16/h6-9,12-16H,2-5,10-11H2,1H3,(H,24,27). The summed E-state index contributed by atoms with van der Waals surface area (Å²) in [4.78, 5) is 26.3. The molecule has 1 N–H and O–H groups in total. The molecule has 4 rings (SSSR count). The summed E-state index contributed by atoms with van der Waals surface area (Å²) >= 11 is 0. The number of hydrogen-bond acceptors (Lipinski definition) is 4. The molecule has 1 amide bonds. The summed E-state index contributed by atoms with van der Waals surface area (Å²) in [6.45, 7) is 0. The minimum Gasteiger partial charge on any atom is -0.494 e. The molecule has 1 aliphatic carbocycles. The number of nitrogens with zero attached hydrogens (tertiary/aromatic N) is 2. The van der Waals surface area contributed by atoms with Gasteiger partial charge in [0.15, 0.2) is 5.69 Å². The van der Waals surface area contributed by atoms with E-state index in [4.69, 9.17) is 4.74 Å². The SMILES string of the molecule is COc1ccccc1-n1nc(C(=O)NC2CCCCCC2)c2ccccc2c1=O. The van der Waals surface area contributed by atoms with Gasteiger partial charge in [-0.05, 0) is 31.0 Å². The van der Waals surface area contributed by atoms with Crippen LogP contribution >= 0.6 is 0 Å². The van der Waals surface area contributed by atoms with E-state index < -0.39 is 0 Å². The zero-order valence-corrected chi connectivity index (χ0v) is 16.6. The second-order valence-electron chi connectivity index (χ2n) is 7.44. The molecule has 0 saturated heterocycles. The number of rotatable bonds is 4. The zero-order valence-electron chi connectivity index (χ0n) is 16.6. The smallest absolute Gasteiger partial charge is 0.279 e. The molecule has 29 heavy (non-hydrogen) atoms. The van der Waals surface area contributed by atoms with Gasteiger partial charge >= 0.3 is 0 Å². The second kappa shape index (κ2) is 8.47. The third-order valence-corrected chi connectivity index (χ3v) is 5.52. The Morgan fingerprint density at radius 3 is 2.38 bits per heavy atom. The maximum absolute atomic E-state index is 13.2. The number of aromatic nitrogens is 2. The van der Waals surface area contributed by atoms with E-state index in [0.29, 0.717) is 22.2 Å². The van der Waals surface area contributed by atoms with Gasteiger partial charge in [-0.2, -0.15) is 9.78 Å². The Hall–Kier alpha value is -3.15. The Labute approximate surface area is 169 Å². The Bertz CT molecular complexity index is 1080. The van der Waals surface area contributed by atoms with Crippen molar-refractivity contribution in [2.75, 3.05) is 7.11 Å². The molecule has 6 heteroatoms. The Morgan fingerprint density at radius 2 is 1.66 bits per heavy atom. The fourth-order valence-corrected chi connectivity index (χ4v) is 4.00. The van der Waals surface area contributed by atoms with E-state index in [1.165, 1.54) is 17.5 Å². The van der Waals surface area contributed by atoms with Gasteiger partial charge in [0, 0.05) is 11.4 Å². The van der Waals surface area contributed by atoms with Crippen molar-refractivity contribution < 1.29 is 9.53 Å². The van der Waals surface area contributed by atoms with Crippen LogP contribution in [0.15, 0.2) is 53.3 Å². The maximum Gasteiger partial charge on any atom is 0.279 e. The molecule has 2 aromatic carbocycles. The number of para-hydroxylation sites is 2. The van der Waals surface area contributed by atoms with Crippen LogP contribution in [0.2, 0.25) is 0 Å². The highest BCUT2D eigenvalue weighted by atomic mass is 16.5. The molecule has 0 atom stereocenters. The van der Waals surface area contributed by atoms with Crippen molar-refractivity contribution in [1.82, 2.24) is 15.1 Å². The van der Waals surface area contributed by atoms with Crippen LogP contribution < -0.4 is 15.6 Å². The summed E-state index contributed by atoms with van der Waals surface area (Å²) < 4.78 is 6.67. The van der Waals surface area contributed by atoms with Crippen molar-refractivity contribution in [1.29, 1.82) is 0 Å². The number of amides is 1. The highest BCUT2D eigenvalue weighted by Gasteiger charge is 2.21. The zero-order chi connectivity index (χ0) is 20.2. The van der Waals surface area contributed by atoms with E-state index in [2.05, 4.69) is 10.4 Å². The molecule has 0 unspecified atom stereocenters. The maximum atomic E-state index is 13.2. The normalized spacial score (nSPS) is 15.1. The molecule has 3 aromatic rings. The number of carbonyl (C=O) groups is 1. The Balaban J connectivity index is 1.82. The molecule has 1 heterocycles. The lowest BCUT2D eigenvalue weighted by molar-refractivity contribution is 0.0928. The largest absolute Gasteiger partial charge is 0.494 e. The molecule has 1 saturated carbocycles. The van der Waals surface area contributed by atoms with Crippen LogP contribution in [0, 0.1) is 0 Å². The van der Waals surface area contributed by atoms with Crippen LogP contribution in [0.3, 0.4) is 0 Å². The van der Waals surface area contributed by atoms with Crippen LogP contribution in [-0.2, 0) is 0 Å². The summed E-state index contributed by atoms with van der Waals surface area (Å²) in [6.07, 6.45) is 6.64. The molecule has 0 aliphatic heterocycles. The second-order valence-corrected chi connectivity index (χ2v) is 7.44. The van der Waals surface area contributed by atoms with E-state index in [1.807, 2.05) is 18.2 Å². The van der Waals surface area contributed by atoms with Crippen molar-refractivity contribution in [3.05, 3.63) is 64.6 Å².